The Kier molecular flexibility index (Phi) is 4.17. The average Bonchev–Trinajstić information content (AvgIpc) is 2.19. The normalized spacial score (nSPS) is 9.86. The van der Waals surface area contributed by atoms with E-state index in [0.717, 1.165) is 25.2 Å². The monoisotopic (exact) mass is 193 g/mol. The van der Waals surface area contributed by atoms with E-state index in [2.05, 4.69) is 18.4 Å². The Balaban J connectivity index is 2.76. The Morgan fingerprint density at radius 3 is 2.50 bits per heavy atom. The molecule has 0 fully saturated rings. The highest BCUT2D eigenvalue weighted by molar-refractivity contribution is 5.46. The van der Waals surface area contributed by atoms with Gasteiger partial charge in [0.25, 0.3) is 0 Å². The SMILES string of the molecule is C=CCN(CCC)c1ccc(F)cc1. The first kappa shape index (κ1) is 10.8. The maximum Gasteiger partial charge on any atom is 0.123 e. The minimum Gasteiger partial charge on any atom is -0.368 e. The van der Waals surface area contributed by atoms with Gasteiger partial charge in [-0.2, -0.15) is 0 Å². The summed E-state index contributed by atoms with van der Waals surface area (Å²) in [7, 11) is 0. The fourth-order valence-corrected chi connectivity index (χ4v) is 1.40. The van der Waals surface area contributed by atoms with Gasteiger partial charge in [-0.15, -0.1) is 6.58 Å². The largest absolute Gasteiger partial charge is 0.368 e. The number of rotatable bonds is 5. The third-order valence-corrected chi connectivity index (χ3v) is 2.03. The van der Waals surface area contributed by atoms with Gasteiger partial charge in [0.1, 0.15) is 5.82 Å². The van der Waals surface area contributed by atoms with Crippen molar-refractivity contribution < 1.29 is 4.39 Å². The second-order valence-corrected chi connectivity index (χ2v) is 3.21. The molecule has 1 aromatic carbocycles. The van der Waals surface area contributed by atoms with Gasteiger partial charge >= 0.3 is 0 Å². The molecule has 0 bridgehead atoms. The lowest BCUT2D eigenvalue weighted by molar-refractivity contribution is 0.627. The molecular weight excluding hydrogens is 177 g/mol. The predicted molar refractivity (Wildman–Crippen MR) is 59.1 cm³/mol. The van der Waals surface area contributed by atoms with Crippen LogP contribution in [0.3, 0.4) is 0 Å². The summed E-state index contributed by atoms with van der Waals surface area (Å²) >= 11 is 0. The van der Waals surface area contributed by atoms with Gasteiger partial charge in [-0.25, -0.2) is 4.39 Å². The minimum atomic E-state index is -0.191. The topological polar surface area (TPSA) is 3.24 Å². The van der Waals surface area contributed by atoms with Crippen LogP contribution < -0.4 is 4.90 Å². The van der Waals surface area contributed by atoms with E-state index in [-0.39, 0.29) is 5.82 Å². The van der Waals surface area contributed by atoms with Gasteiger partial charge in [-0.3, -0.25) is 0 Å². The standard InChI is InChI=1S/C12H16FN/c1-3-9-14(10-4-2)12-7-5-11(13)6-8-12/h3,5-8H,1,4,9-10H2,2H3. The second kappa shape index (κ2) is 5.43. The van der Waals surface area contributed by atoms with Crippen molar-refractivity contribution in [3.8, 4) is 0 Å². The lowest BCUT2D eigenvalue weighted by atomic mass is 10.2. The zero-order valence-corrected chi connectivity index (χ0v) is 8.54. The lowest BCUT2D eigenvalue weighted by Gasteiger charge is -2.22. The molecule has 0 radical (unpaired) electrons. The molecular formula is C12H16FN. The van der Waals surface area contributed by atoms with Crippen LogP contribution in [0, 0.1) is 5.82 Å². The molecule has 0 aromatic heterocycles. The zero-order chi connectivity index (χ0) is 10.4. The van der Waals surface area contributed by atoms with E-state index in [1.54, 1.807) is 12.1 Å². The van der Waals surface area contributed by atoms with Gasteiger partial charge in [0, 0.05) is 18.8 Å². The van der Waals surface area contributed by atoms with Gasteiger partial charge < -0.3 is 4.90 Å². The van der Waals surface area contributed by atoms with Gasteiger partial charge in [0.15, 0.2) is 0 Å². The van der Waals surface area contributed by atoms with Gasteiger partial charge in [0.2, 0.25) is 0 Å². The molecule has 0 spiro atoms. The summed E-state index contributed by atoms with van der Waals surface area (Å²) in [6.07, 6.45) is 2.93. The molecule has 0 heterocycles. The number of hydrogen-bond donors (Lipinski definition) is 0. The van der Waals surface area contributed by atoms with Crippen molar-refractivity contribution in [2.45, 2.75) is 13.3 Å². The molecule has 1 rings (SSSR count). The number of hydrogen-bond acceptors (Lipinski definition) is 1. The highest BCUT2D eigenvalue weighted by Gasteiger charge is 2.02. The molecule has 0 amide bonds. The molecule has 2 heteroatoms. The Hall–Kier alpha value is -1.31. The first-order chi connectivity index (χ1) is 6.77. The number of halogens is 1. The molecule has 76 valence electrons. The molecule has 0 atom stereocenters. The Morgan fingerprint density at radius 1 is 1.36 bits per heavy atom. The Morgan fingerprint density at radius 2 is 2.00 bits per heavy atom. The van der Waals surface area contributed by atoms with Crippen molar-refractivity contribution in [1.29, 1.82) is 0 Å². The molecule has 0 N–H and O–H groups in total. The van der Waals surface area contributed by atoms with Gasteiger partial charge in [-0.1, -0.05) is 13.0 Å². The summed E-state index contributed by atoms with van der Waals surface area (Å²) < 4.78 is 12.7. The van der Waals surface area contributed by atoms with E-state index in [4.69, 9.17) is 0 Å². The van der Waals surface area contributed by atoms with Crippen LogP contribution in [-0.4, -0.2) is 13.1 Å². The fourth-order valence-electron chi connectivity index (χ4n) is 1.40. The minimum absolute atomic E-state index is 0.191. The highest BCUT2D eigenvalue weighted by atomic mass is 19.1. The molecule has 1 aromatic rings. The summed E-state index contributed by atoms with van der Waals surface area (Å²) in [5.74, 6) is -0.191. The third-order valence-electron chi connectivity index (χ3n) is 2.03. The molecule has 0 unspecified atom stereocenters. The number of anilines is 1. The summed E-state index contributed by atoms with van der Waals surface area (Å²) in [6, 6.07) is 6.57. The third kappa shape index (κ3) is 2.87. The van der Waals surface area contributed by atoms with Crippen LogP contribution >= 0.6 is 0 Å². The van der Waals surface area contributed by atoms with Gasteiger partial charge in [-0.05, 0) is 30.7 Å². The van der Waals surface area contributed by atoms with E-state index in [0.29, 0.717) is 0 Å². The van der Waals surface area contributed by atoms with Crippen LogP contribution in [0.4, 0.5) is 10.1 Å². The maximum absolute atomic E-state index is 12.7. The van der Waals surface area contributed by atoms with Crippen LogP contribution in [0.25, 0.3) is 0 Å². The van der Waals surface area contributed by atoms with Crippen LogP contribution in [0.15, 0.2) is 36.9 Å². The summed E-state index contributed by atoms with van der Waals surface area (Å²) in [6.45, 7) is 7.61. The van der Waals surface area contributed by atoms with E-state index in [9.17, 15) is 4.39 Å². The number of benzene rings is 1. The molecule has 0 aliphatic carbocycles. The molecule has 0 saturated carbocycles. The zero-order valence-electron chi connectivity index (χ0n) is 8.54. The van der Waals surface area contributed by atoms with Crippen LogP contribution in [-0.2, 0) is 0 Å². The lowest BCUT2D eigenvalue weighted by Crippen LogP contribution is -2.23. The average molecular weight is 193 g/mol. The fraction of sp³-hybridized carbons (Fsp3) is 0.333. The van der Waals surface area contributed by atoms with E-state index in [1.807, 2.05) is 6.08 Å². The van der Waals surface area contributed by atoms with E-state index < -0.39 is 0 Å². The molecule has 0 aliphatic rings. The molecule has 0 aliphatic heterocycles. The second-order valence-electron chi connectivity index (χ2n) is 3.21. The van der Waals surface area contributed by atoms with Crippen LogP contribution in [0.1, 0.15) is 13.3 Å². The highest BCUT2D eigenvalue weighted by Crippen LogP contribution is 2.14. The van der Waals surface area contributed by atoms with Crippen molar-refractivity contribution in [3.05, 3.63) is 42.7 Å². The number of nitrogens with zero attached hydrogens (tertiary/aromatic N) is 1. The summed E-state index contributed by atoms with van der Waals surface area (Å²) in [5.41, 5.74) is 1.05. The molecule has 14 heavy (non-hydrogen) atoms. The van der Waals surface area contributed by atoms with E-state index >= 15 is 0 Å². The Bertz CT molecular complexity index is 279. The van der Waals surface area contributed by atoms with Crippen molar-refractivity contribution in [3.63, 3.8) is 0 Å². The molecule has 1 nitrogen and oxygen atoms in total. The van der Waals surface area contributed by atoms with Gasteiger partial charge in [0.05, 0.1) is 0 Å². The first-order valence-electron chi connectivity index (χ1n) is 4.89. The summed E-state index contributed by atoms with van der Waals surface area (Å²) in [4.78, 5) is 2.17. The smallest absolute Gasteiger partial charge is 0.123 e. The van der Waals surface area contributed by atoms with Crippen LogP contribution in [0.2, 0.25) is 0 Å². The van der Waals surface area contributed by atoms with Crippen molar-refractivity contribution in [2.24, 2.45) is 0 Å². The molecule has 0 saturated heterocycles. The Labute approximate surface area is 84.9 Å². The van der Waals surface area contributed by atoms with Crippen molar-refractivity contribution in [1.82, 2.24) is 0 Å². The van der Waals surface area contributed by atoms with E-state index in [1.165, 1.54) is 12.1 Å². The van der Waals surface area contributed by atoms with Crippen molar-refractivity contribution in [2.75, 3.05) is 18.0 Å². The first-order valence-corrected chi connectivity index (χ1v) is 4.89. The predicted octanol–water partition coefficient (Wildman–Crippen LogP) is 3.23. The van der Waals surface area contributed by atoms with Crippen molar-refractivity contribution >= 4 is 5.69 Å². The van der Waals surface area contributed by atoms with Crippen LogP contribution in [0.5, 0.6) is 0 Å². The summed E-state index contributed by atoms with van der Waals surface area (Å²) in [5, 5.41) is 0. The quantitative estimate of drug-likeness (QED) is 0.649. The maximum atomic E-state index is 12.7.